The van der Waals surface area contributed by atoms with Crippen LogP contribution in [0.5, 0.6) is 0 Å². The van der Waals surface area contributed by atoms with Crippen molar-refractivity contribution in [3.05, 3.63) is 35.7 Å². The fourth-order valence-electron chi connectivity index (χ4n) is 1.03. The lowest BCUT2D eigenvalue weighted by atomic mass is 10.2. The largest absolute Gasteiger partial charge is 0.357 e. The summed E-state index contributed by atoms with van der Waals surface area (Å²) in [4.78, 5) is 2.07. The Hall–Kier alpha value is -0.980. The van der Waals surface area contributed by atoms with Crippen molar-refractivity contribution in [2.75, 3.05) is 7.05 Å². The molecule has 0 amide bonds. The van der Waals surface area contributed by atoms with Gasteiger partial charge in [0.1, 0.15) is 0 Å². The summed E-state index contributed by atoms with van der Waals surface area (Å²) in [6.45, 7) is 4.19. The Balaban J connectivity index is 2.87. The van der Waals surface area contributed by atoms with Crippen LogP contribution in [0, 0.1) is 0 Å². The first-order valence-electron chi connectivity index (χ1n) is 3.45. The van der Waals surface area contributed by atoms with Crippen molar-refractivity contribution in [1.29, 1.82) is 0 Å². The minimum Gasteiger partial charge on any atom is -0.357 e. The zero-order valence-corrected chi connectivity index (χ0v) is 6.76. The van der Waals surface area contributed by atoms with Gasteiger partial charge in [-0.2, -0.15) is 0 Å². The van der Waals surface area contributed by atoms with Crippen LogP contribution in [0.25, 0.3) is 0 Å². The summed E-state index contributed by atoms with van der Waals surface area (Å²) in [6.07, 6.45) is 8.45. The van der Waals surface area contributed by atoms with Gasteiger partial charge in [0.05, 0.1) is 0 Å². The van der Waals surface area contributed by atoms with Gasteiger partial charge in [-0.3, -0.25) is 0 Å². The Morgan fingerprint density at radius 1 is 1.00 bits per heavy atom. The predicted octanol–water partition coefficient (Wildman–Crippen LogP) is 2.30. The van der Waals surface area contributed by atoms with Crippen molar-refractivity contribution in [3.63, 3.8) is 0 Å². The first kappa shape index (κ1) is 7.13. The molecule has 0 saturated carbocycles. The summed E-state index contributed by atoms with van der Waals surface area (Å²) in [6, 6.07) is 0. The van der Waals surface area contributed by atoms with Gasteiger partial charge in [-0.15, -0.1) is 0 Å². The van der Waals surface area contributed by atoms with Gasteiger partial charge in [-0.05, 0) is 25.0 Å². The van der Waals surface area contributed by atoms with Crippen LogP contribution in [-0.2, 0) is 0 Å². The van der Waals surface area contributed by atoms with Crippen molar-refractivity contribution >= 4 is 0 Å². The van der Waals surface area contributed by atoms with Gasteiger partial charge in [0.25, 0.3) is 0 Å². The number of nitrogens with zero attached hydrogens (tertiary/aromatic N) is 1. The zero-order chi connectivity index (χ0) is 7.56. The highest BCUT2D eigenvalue weighted by atomic mass is 15.0. The van der Waals surface area contributed by atoms with E-state index in [1.54, 1.807) is 0 Å². The minimum atomic E-state index is 1.29. The van der Waals surface area contributed by atoms with E-state index in [-0.39, 0.29) is 0 Å². The molecule has 0 unspecified atom stereocenters. The summed E-state index contributed by atoms with van der Waals surface area (Å²) in [5, 5.41) is 0. The molecule has 10 heavy (non-hydrogen) atoms. The van der Waals surface area contributed by atoms with E-state index in [1.807, 2.05) is 7.05 Å². The first-order valence-corrected chi connectivity index (χ1v) is 3.45. The molecule has 0 fully saturated rings. The second-order valence-corrected chi connectivity index (χ2v) is 2.75. The molecule has 0 N–H and O–H groups in total. The standard InChI is InChI=1S/C9H13N/c1-8-4-5-9(2)7-10(3)6-8/h4-7H,1-3H3. The van der Waals surface area contributed by atoms with Gasteiger partial charge >= 0.3 is 0 Å². The van der Waals surface area contributed by atoms with E-state index in [1.165, 1.54) is 11.1 Å². The van der Waals surface area contributed by atoms with Gasteiger partial charge < -0.3 is 4.90 Å². The van der Waals surface area contributed by atoms with E-state index in [4.69, 9.17) is 0 Å². The summed E-state index contributed by atoms with van der Waals surface area (Å²) in [5.41, 5.74) is 2.58. The highest BCUT2D eigenvalue weighted by molar-refractivity contribution is 5.28. The second kappa shape index (κ2) is 2.74. The lowest BCUT2D eigenvalue weighted by molar-refractivity contribution is 0.618. The van der Waals surface area contributed by atoms with Crippen LogP contribution in [0.4, 0.5) is 0 Å². The molecule has 1 heteroatoms. The quantitative estimate of drug-likeness (QED) is 0.492. The number of hydrogen-bond donors (Lipinski definition) is 0. The minimum absolute atomic E-state index is 1.29. The molecule has 0 aromatic rings. The smallest absolute Gasteiger partial charge is 0.0106 e. The highest BCUT2D eigenvalue weighted by Gasteiger charge is 1.92. The Bertz CT molecular complexity index is 187. The Morgan fingerprint density at radius 3 is 1.80 bits per heavy atom. The maximum atomic E-state index is 2.12. The Labute approximate surface area is 62.3 Å². The zero-order valence-electron chi connectivity index (χ0n) is 6.76. The Morgan fingerprint density at radius 2 is 1.40 bits per heavy atom. The van der Waals surface area contributed by atoms with Gasteiger partial charge in [0.2, 0.25) is 0 Å². The van der Waals surface area contributed by atoms with E-state index in [2.05, 4.69) is 43.3 Å². The number of allylic oxidation sites excluding steroid dienone is 4. The molecule has 0 atom stereocenters. The third kappa shape index (κ3) is 1.76. The van der Waals surface area contributed by atoms with Crippen molar-refractivity contribution in [2.24, 2.45) is 0 Å². The number of rotatable bonds is 0. The molecule has 0 aromatic carbocycles. The molecule has 1 heterocycles. The van der Waals surface area contributed by atoms with Crippen LogP contribution >= 0.6 is 0 Å². The molecule has 0 bridgehead atoms. The average molecular weight is 135 g/mol. The maximum absolute atomic E-state index is 2.12. The molecular formula is C9H13N. The monoisotopic (exact) mass is 135 g/mol. The fraction of sp³-hybridized carbons (Fsp3) is 0.333. The highest BCUT2D eigenvalue weighted by Crippen LogP contribution is 2.07. The van der Waals surface area contributed by atoms with E-state index < -0.39 is 0 Å². The van der Waals surface area contributed by atoms with E-state index >= 15 is 0 Å². The van der Waals surface area contributed by atoms with Crippen LogP contribution < -0.4 is 0 Å². The molecular weight excluding hydrogens is 122 g/mol. The topological polar surface area (TPSA) is 3.24 Å². The maximum Gasteiger partial charge on any atom is 0.0106 e. The van der Waals surface area contributed by atoms with E-state index in [0.29, 0.717) is 0 Å². The fourth-order valence-corrected chi connectivity index (χ4v) is 1.03. The van der Waals surface area contributed by atoms with Gasteiger partial charge in [0, 0.05) is 19.4 Å². The van der Waals surface area contributed by atoms with Crippen LogP contribution in [0.15, 0.2) is 35.7 Å². The molecule has 1 aliphatic heterocycles. The second-order valence-electron chi connectivity index (χ2n) is 2.75. The average Bonchev–Trinajstić information content (AvgIpc) is 1.93. The molecule has 0 spiro atoms. The molecule has 1 nitrogen and oxygen atoms in total. The summed E-state index contributed by atoms with van der Waals surface area (Å²) in [7, 11) is 2.04. The van der Waals surface area contributed by atoms with Crippen molar-refractivity contribution in [2.45, 2.75) is 13.8 Å². The summed E-state index contributed by atoms with van der Waals surface area (Å²) < 4.78 is 0. The molecule has 1 aliphatic rings. The third-order valence-electron chi connectivity index (χ3n) is 1.42. The third-order valence-corrected chi connectivity index (χ3v) is 1.42. The summed E-state index contributed by atoms with van der Waals surface area (Å²) >= 11 is 0. The Kier molecular flexibility index (Phi) is 1.95. The first-order chi connectivity index (χ1) is 4.68. The van der Waals surface area contributed by atoms with Gasteiger partial charge in [-0.1, -0.05) is 12.2 Å². The lowest BCUT2D eigenvalue weighted by Gasteiger charge is -2.06. The number of hydrogen-bond acceptors (Lipinski definition) is 1. The molecule has 0 radical (unpaired) electrons. The van der Waals surface area contributed by atoms with Crippen LogP contribution in [0.3, 0.4) is 0 Å². The van der Waals surface area contributed by atoms with Gasteiger partial charge in [0.15, 0.2) is 0 Å². The molecule has 0 aromatic heterocycles. The molecule has 54 valence electrons. The van der Waals surface area contributed by atoms with Crippen molar-refractivity contribution < 1.29 is 0 Å². The van der Waals surface area contributed by atoms with Crippen molar-refractivity contribution in [3.8, 4) is 0 Å². The molecule has 0 saturated heterocycles. The van der Waals surface area contributed by atoms with Crippen LogP contribution in [0.1, 0.15) is 13.8 Å². The van der Waals surface area contributed by atoms with E-state index in [0.717, 1.165) is 0 Å². The lowest BCUT2D eigenvalue weighted by Crippen LogP contribution is -2.00. The van der Waals surface area contributed by atoms with Crippen LogP contribution in [0.2, 0.25) is 0 Å². The van der Waals surface area contributed by atoms with Crippen LogP contribution in [-0.4, -0.2) is 11.9 Å². The van der Waals surface area contributed by atoms with E-state index in [9.17, 15) is 0 Å². The molecule has 1 rings (SSSR count). The summed E-state index contributed by atoms with van der Waals surface area (Å²) in [5.74, 6) is 0. The SMILES string of the molecule is CC1=CN(C)C=C(C)C=C1. The van der Waals surface area contributed by atoms with Gasteiger partial charge in [-0.25, -0.2) is 0 Å². The normalized spacial score (nSPS) is 18.1. The molecule has 0 aliphatic carbocycles. The predicted molar refractivity (Wildman–Crippen MR) is 44.4 cm³/mol. The van der Waals surface area contributed by atoms with Crippen molar-refractivity contribution in [1.82, 2.24) is 4.90 Å².